The zero-order valence-electron chi connectivity index (χ0n) is 8.02. The SMILES string of the molecule is Nc1cc(F)ccc1Oc1ncc(Cl)cn1. The van der Waals surface area contributed by atoms with Crippen LogP contribution in [0.4, 0.5) is 10.1 Å². The molecule has 0 amide bonds. The predicted octanol–water partition coefficient (Wildman–Crippen LogP) is 2.64. The Hall–Kier alpha value is -1.88. The van der Waals surface area contributed by atoms with Crippen LogP contribution in [0.15, 0.2) is 30.6 Å². The van der Waals surface area contributed by atoms with Gasteiger partial charge < -0.3 is 10.5 Å². The van der Waals surface area contributed by atoms with Gasteiger partial charge in [-0.05, 0) is 12.1 Å². The quantitative estimate of drug-likeness (QED) is 0.819. The Labute approximate surface area is 95.9 Å². The van der Waals surface area contributed by atoms with Crippen molar-refractivity contribution < 1.29 is 9.13 Å². The van der Waals surface area contributed by atoms with E-state index in [1.807, 2.05) is 0 Å². The molecule has 1 aromatic carbocycles. The Kier molecular flexibility index (Phi) is 2.87. The van der Waals surface area contributed by atoms with Gasteiger partial charge in [-0.1, -0.05) is 11.6 Å². The first kappa shape index (κ1) is 10.6. The summed E-state index contributed by atoms with van der Waals surface area (Å²) in [6.07, 6.45) is 2.78. The molecule has 0 radical (unpaired) electrons. The Morgan fingerprint density at radius 3 is 2.56 bits per heavy atom. The van der Waals surface area contributed by atoms with Crippen LogP contribution in [0.3, 0.4) is 0 Å². The van der Waals surface area contributed by atoms with E-state index in [9.17, 15) is 4.39 Å². The van der Waals surface area contributed by atoms with Crippen LogP contribution < -0.4 is 10.5 Å². The van der Waals surface area contributed by atoms with Crippen molar-refractivity contribution in [3.63, 3.8) is 0 Å². The van der Waals surface area contributed by atoms with E-state index in [0.717, 1.165) is 6.07 Å². The van der Waals surface area contributed by atoms with Crippen LogP contribution in [0.5, 0.6) is 11.8 Å². The molecule has 1 aromatic heterocycles. The van der Waals surface area contributed by atoms with E-state index in [0.29, 0.717) is 10.8 Å². The molecule has 0 saturated heterocycles. The molecule has 0 aliphatic carbocycles. The molecule has 0 saturated carbocycles. The summed E-state index contributed by atoms with van der Waals surface area (Å²) < 4.78 is 18.0. The number of nitrogens with two attached hydrogens (primary N) is 1. The van der Waals surface area contributed by atoms with Crippen molar-refractivity contribution in [1.82, 2.24) is 9.97 Å². The molecular weight excluding hydrogens is 233 g/mol. The first-order valence-corrected chi connectivity index (χ1v) is 4.73. The van der Waals surface area contributed by atoms with E-state index in [2.05, 4.69) is 9.97 Å². The molecule has 0 aliphatic heterocycles. The zero-order valence-corrected chi connectivity index (χ0v) is 8.78. The molecule has 2 aromatic rings. The van der Waals surface area contributed by atoms with Gasteiger partial charge in [0.25, 0.3) is 0 Å². The highest BCUT2D eigenvalue weighted by atomic mass is 35.5. The summed E-state index contributed by atoms with van der Waals surface area (Å²) >= 11 is 5.61. The van der Waals surface area contributed by atoms with E-state index < -0.39 is 5.82 Å². The molecule has 0 unspecified atom stereocenters. The molecule has 16 heavy (non-hydrogen) atoms. The van der Waals surface area contributed by atoms with Crippen LogP contribution in [-0.2, 0) is 0 Å². The summed E-state index contributed by atoms with van der Waals surface area (Å²) in [6.45, 7) is 0. The summed E-state index contributed by atoms with van der Waals surface area (Å²) in [5, 5.41) is 0.402. The van der Waals surface area contributed by atoms with Gasteiger partial charge in [-0.2, -0.15) is 0 Å². The Morgan fingerprint density at radius 1 is 1.25 bits per heavy atom. The topological polar surface area (TPSA) is 61.0 Å². The van der Waals surface area contributed by atoms with E-state index in [1.54, 1.807) is 0 Å². The molecule has 2 rings (SSSR count). The summed E-state index contributed by atoms with van der Waals surface area (Å²) in [6, 6.07) is 3.90. The van der Waals surface area contributed by atoms with Gasteiger partial charge in [0.2, 0.25) is 0 Å². The van der Waals surface area contributed by atoms with Gasteiger partial charge in [0, 0.05) is 6.07 Å². The van der Waals surface area contributed by atoms with Crippen LogP contribution in [0.2, 0.25) is 5.02 Å². The summed E-state index contributed by atoms with van der Waals surface area (Å²) in [7, 11) is 0. The maximum absolute atomic E-state index is 12.8. The first-order chi connectivity index (χ1) is 7.65. The second-order valence-electron chi connectivity index (χ2n) is 2.97. The number of hydrogen-bond donors (Lipinski definition) is 1. The molecule has 6 heteroatoms. The van der Waals surface area contributed by atoms with Gasteiger partial charge in [-0.3, -0.25) is 0 Å². The Bertz CT molecular complexity index is 504. The monoisotopic (exact) mass is 239 g/mol. The van der Waals surface area contributed by atoms with E-state index in [4.69, 9.17) is 22.1 Å². The molecule has 4 nitrogen and oxygen atoms in total. The van der Waals surface area contributed by atoms with Crippen molar-refractivity contribution in [3.05, 3.63) is 41.4 Å². The summed E-state index contributed by atoms with van der Waals surface area (Å²) in [5.41, 5.74) is 5.73. The van der Waals surface area contributed by atoms with E-state index >= 15 is 0 Å². The van der Waals surface area contributed by atoms with Crippen LogP contribution in [-0.4, -0.2) is 9.97 Å². The number of nitrogen functional groups attached to an aromatic ring is 1. The normalized spacial score (nSPS) is 10.1. The van der Waals surface area contributed by atoms with Crippen molar-refractivity contribution in [1.29, 1.82) is 0 Å². The van der Waals surface area contributed by atoms with Gasteiger partial charge in [0.1, 0.15) is 5.82 Å². The lowest BCUT2D eigenvalue weighted by Gasteiger charge is -2.05. The summed E-state index contributed by atoms with van der Waals surface area (Å²) in [4.78, 5) is 7.65. The molecular formula is C10H7ClFN3O. The number of ether oxygens (including phenoxy) is 1. The third-order valence-electron chi connectivity index (χ3n) is 1.77. The van der Waals surface area contributed by atoms with Gasteiger partial charge >= 0.3 is 6.01 Å². The maximum atomic E-state index is 12.8. The predicted molar refractivity (Wildman–Crippen MR) is 57.9 cm³/mol. The highest BCUT2D eigenvalue weighted by Gasteiger charge is 2.05. The van der Waals surface area contributed by atoms with Crippen molar-refractivity contribution >= 4 is 17.3 Å². The fourth-order valence-electron chi connectivity index (χ4n) is 1.06. The lowest BCUT2D eigenvalue weighted by Crippen LogP contribution is -1.95. The fraction of sp³-hybridized carbons (Fsp3) is 0. The lowest BCUT2D eigenvalue weighted by molar-refractivity contribution is 0.442. The molecule has 1 heterocycles. The van der Waals surface area contributed by atoms with Crippen LogP contribution in [0, 0.1) is 5.82 Å². The highest BCUT2D eigenvalue weighted by Crippen LogP contribution is 2.25. The van der Waals surface area contributed by atoms with Gasteiger partial charge in [0.05, 0.1) is 23.1 Å². The average Bonchev–Trinajstić information content (AvgIpc) is 2.25. The number of hydrogen-bond acceptors (Lipinski definition) is 4. The first-order valence-electron chi connectivity index (χ1n) is 4.35. The van der Waals surface area contributed by atoms with Crippen molar-refractivity contribution in [2.24, 2.45) is 0 Å². The molecule has 2 N–H and O–H groups in total. The molecule has 0 fully saturated rings. The Balaban J connectivity index is 2.23. The minimum Gasteiger partial charge on any atom is -0.422 e. The summed E-state index contributed by atoms with van der Waals surface area (Å²) in [5.74, 6) is -0.134. The van der Waals surface area contributed by atoms with E-state index in [1.165, 1.54) is 24.5 Å². The van der Waals surface area contributed by atoms with Crippen LogP contribution in [0.1, 0.15) is 0 Å². The third-order valence-corrected chi connectivity index (χ3v) is 1.96. The highest BCUT2D eigenvalue weighted by molar-refractivity contribution is 6.30. The zero-order chi connectivity index (χ0) is 11.5. The molecule has 0 aliphatic rings. The molecule has 82 valence electrons. The van der Waals surface area contributed by atoms with Gasteiger partial charge in [-0.25, -0.2) is 14.4 Å². The maximum Gasteiger partial charge on any atom is 0.322 e. The number of anilines is 1. The number of nitrogens with zero attached hydrogens (tertiary/aromatic N) is 2. The second-order valence-corrected chi connectivity index (χ2v) is 3.40. The smallest absolute Gasteiger partial charge is 0.322 e. The standard InChI is InChI=1S/C10H7ClFN3O/c11-6-4-14-10(15-5-6)16-9-2-1-7(12)3-8(9)13/h1-5H,13H2. The largest absolute Gasteiger partial charge is 0.422 e. The van der Waals surface area contributed by atoms with Crippen molar-refractivity contribution in [2.75, 3.05) is 5.73 Å². The van der Waals surface area contributed by atoms with Crippen molar-refractivity contribution in [2.45, 2.75) is 0 Å². The minimum atomic E-state index is -0.429. The number of halogens is 2. The average molecular weight is 240 g/mol. The van der Waals surface area contributed by atoms with E-state index in [-0.39, 0.29) is 11.7 Å². The van der Waals surface area contributed by atoms with Crippen molar-refractivity contribution in [3.8, 4) is 11.8 Å². The van der Waals surface area contributed by atoms with Crippen LogP contribution >= 0.6 is 11.6 Å². The minimum absolute atomic E-state index is 0.0997. The molecule has 0 spiro atoms. The van der Waals surface area contributed by atoms with Crippen LogP contribution in [0.25, 0.3) is 0 Å². The number of benzene rings is 1. The second kappa shape index (κ2) is 4.32. The van der Waals surface area contributed by atoms with Gasteiger partial charge in [0.15, 0.2) is 5.75 Å². The Morgan fingerprint density at radius 2 is 1.94 bits per heavy atom. The number of aromatic nitrogens is 2. The number of rotatable bonds is 2. The third kappa shape index (κ3) is 2.38. The van der Waals surface area contributed by atoms with Gasteiger partial charge in [-0.15, -0.1) is 0 Å². The molecule has 0 bridgehead atoms. The fourth-order valence-corrected chi connectivity index (χ4v) is 1.16. The lowest BCUT2D eigenvalue weighted by atomic mass is 10.3. The molecule has 0 atom stereocenters.